The van der Waals surface area contributed by atoms with Gasteiger partial charge in [-0.3, -0.25) is 14.2 Å². The van der Waals surface area contributed by atoms with E-state index in [9.17, 15) is 9.59 Å². The molecule has 1 heterocycles. The highest BCUT2D eigenvalue weighted by atomic mass is 35.5. The van der Waals surface area contributed by atoms with Gasteiger partial charge in [0.05, 0.1) is 22.6 Å². The van der Waals surface area contributed by atoms with E-state index in [4.69, 9.17) is 16.6 Å². The molecule has 164 valence electrons. The Kier molecular flexibility index (Phi) is 6.85. The van der Waals surface area contributed by atoms with Crippen molar-refractivity contribution >= 4 is 28.4 Å². The van der Waals surface area contributed by atoms with Crippen molar-refractivity contribution < 1.29 is 4.79 Å². The summed E-state index contributed by atoms with van der Waals surface area (Å²) in [4.78, 5) is 33.5. The number of aromatic nitrogens is 2. The van der Waals surface area contributed by atoms with Gasteiger partial charge >= 0.3 is 0 Å². The smallest absolute Gasteiger partial charge is 0.266 e. The molecule has 5 nitrogen and oxygen atoms in total. The highest BCUT2D eigenvalue weighted by Gasteiger charge is 2.29. The number of carbonyl (C=O) groups is 1. The monoisotopic (exact) mass is 439 g/mol. The van der Waals surface area contributed by atoms with Crippen molar-refractivity contribution in [2.75, 3.05) is 6.54 Å². The molecule has 31 heavy (non-hydrogen) atoms. The van der Waals surface area contributed by atoms with E-state index in [1.807, 2.05) is 62.9 Å². The molecule has 3 aromatic rings. The molecular weight excluding hydrogens is 410 g/mol. The summed E-state index contributed by atoms with van der Waals surface area (Å²) in [5.41, 5.74) is 1.92. The standard InChI is InChI=1S/C25H30ClN3O2/c1-15(2)14-28(24(30)16(3)4)18(6)23-27-21-12-8-7-10-19(21)25(31)29(23)22-13-9-11-20(26)17(22)5/h7-13,15-16,18H,14H2,1-6H3. The van der Waals surface area contributed by atoms with Gasteiger partial charge in [0.15, 0.2) is 0 Å². The average Bonchev–Trinajstić information content (AvgIpc) is 2.73. The van der Waals surface area contributed by atoms with Crippen molar-refractivity contribution in [1.82, 2.24) is 14.5 Å². The fraction of sp³-hybridized carbons (Fsp3) is 0.400. The zero-order chi connectivity index (χ0) is 22.9. The van der Waals surface area contributed by atoms with Crippen LogP contribution in [0.2, 0.25) is 5.02 Å². The number of benzene rings is 2. The first-order valence-electron chi connectivity index (χ1n) is 10.7. The molecule has 0 fully saturated rings. The molecule has 0 radical (unpaired) electrons. The van der Waals surface area contributed by atoms with Gasteiger partial charge in [0.1, 0.15) is 5.82 Å². The normalized spacial score (nSPS) is 12.5. The lowest BCUT2D eigenvalue weighted by Crippen LogP contribution is -2.41. The zero-order valence-corrected chi connectivity index (χ0v) is 19.8. The van der Waals surface area contributed by atoms with Gasteiger partial charge in [-0.1, -0.05) is 57.5 Å². The van der Waals surface area contributed by atoms with Crippen LogP contribution in [0.15, 0.2) is 47.3 Å². The molecule has 0 spiro atoms. The summed E-state index contributed by atoms with van der Waals surface area (Å²) in [5, 5.41) is 1.11. The fourth-order valence-electron chi connectivity index (χ4n) is 3.80. The van der Waals surface area contributed by atoms with Crippen molar-refractivity contribution in [2.45, 2.75) is 47.6 Å². The van der Waals surface area contributed by atoms with Crippen LogP contribution in [0.25, 0.3) is 16.6 Å². The van der Waals surface area contributed by atoms with E-state index in [2.05, 4.69) is 13.8 Å². The van der Waals surface area contributed by atoms with Gasteiger partial charge in [0.25, 0.3) is 5.56 Å². The molecule has 0 aliphatic rings. The molecule has 0 N–H and O–H groups in total. The van der Waals surface area contributed by atoms with E-state index in [-0.39, 0.29) is 23.3 Å². The lowest BCUT2D eigenvalue weighted by molar-refractivity contribution is -0.137. The van der Waals surface area contributed by atoms with Crippen LogP contribution in [0, 0.1) is 18.8 Å². The molecule has 0 saturated heterocycles. The minimum atomic E-state index is -0.395. The Morgan fingerprint density at radius 2 is 1.74 bits per heavy atom. The van der Waals surface area contributed by atoms with Crippen LogP contribution >= 0.6 is 11.6 Å². The van der Waals surface area contributed by atoms with Crippen molar-refractivity contribution in [3.63, 3.8) is 0 Å². The van der Waals surface area contributed by atoms with Gasteiger partial charge in [0.2, 0.25) is 5.91 Å². The highest BCUT2D eigenvalue weighted by Crippen LogP contribution is 2.28. The van der Waals surface area contributed by atoms with Crippen LogP contribution in [0.1, 0.15) is 52.0 Å². The van der Waals surface area contributed by atoms with E-state index in [0.29, 0.717) is 34.0 Å². The van der Waals surface area contributed by atoms with E-state index in [1.165, 1.54) is 0 Å². The molecule has 1 aromatic heterocycles. The number of halogens is 1. The molecule has 0 bridgehead atoms. The van der Waals surface area contributed by atoms with Crippen molar-refractivity contribution in [1.29, 1.82) is 0 Å². The summed E-state index contributed by atoms with van der Waals surface area (Å²) in [6.07, 6.45) is 0. The maximum atomic E-state index is 13.6. The van der Waals surface area contributed by atoms with Crippen LogP contribution in [0.4, 0.5) is 0 Å². The summed E-state index contributed by atoms with van der Waals surface area (Å²) < 4.78 is 1.62. The number of fused-ring (bicyclic) bond motifs is 1. The van der Waals surface area contributed by atoms with E-state index < -0.39 is 6.04 Å². The average molecular weight is 440 g/mol. The number of hydrogen-bond acceptors (Lipinski definition) is 3. The zero-order valence-electron chi connectivity index (χ0n) is 19.0. The molecule has 0 saturated carbocycles. The van der Waals surface area contributed by atoms with Crippen LogP contribution in [-0.4, -0.2) is 26.9 Å². The lowest BCUT2D eigenvalue weighted by Gasteiger charge is -2.33. The summed E-state index contributed by atoms with van der Waals surface area (Å²) in [6.45, 7) is 12.4. The van der Waals surface area contributed by atoms with Crippen LogP contribution in [0.3, 0.4) is 0 Å². The second-order valence-corrected chi connectivity index (χ2v) is 9.13. The summed E-state index contributed by atoms with van der Waals surface area (Å²) in [5.74, 6) is 0.690. The maximum absolute atomic E-state index is 13.6. The van der Waals surface area contributed by atoms with Gasteiger partial charge in [0, 0.05) is 17.5 Å². The number of amides is 1. The number of nitrogens with zero attached hydrogens (tertiary/aromatic N) is 3. The number of para-hydroxylation sites is 1. The first kappa shape index (κ1) is 23.0. The SMILES string of the molecule is Cc1c(Cl)cccc1-n1c(C(C)N(CC(C)C)C(=O)C(C)C)nc2ccccc2c1=O. The van der Waals surface area contributed by atoms with Crippen molar-refractivity contribution in [2.24, 2.45) is 11.8 Å². The Bertz CT molecular complexity index is 1170. The molecular formula is C25H30ClN3O2. The maximum Gasteiger partial charge on any atom is 0.266 e. The lowest BCUT2D eigenvalue weighted by atomic mass is 10.1. The minimum Gasteiger partial charge on any atom is -0.332 e. The van der Waals surface area contributed by atoms with Gasteiger partial charge in [-0.15, -0.1) is 0 Å². The molecule has 0 aliphatic carbocycles. The molecule has 1 atom stereocenters. The number of hydrogen-bond donors (Lipinski definition) is 0. The highest BCUT2D eigenvalue weighted by molar-refractivity contribution is 6.31. The van der Waals surface area contributed by atoms with E-state index in [0.717, 1.165) is 5.56 Å². The number of carbonyl (C=O) groups excluding carboxylic acids is 1. The van der Waals surface area contributed by atoms with Crippen LogP contribution < -0.4 is 5.56 Å². The third-order valence-electron chi connectivity index (χ3n) is 5.46. The van der Waals surface area contributed by atoms with E-state index in [1.54, 1.807) is 16.7 Å². The molecule has 3 rings (SSSR count). The third-order valence-corrected chi connectivity index (χ3v) is 5.87. The van der Waals surface area contributed by atoms with Gasteiger partial charge < -0.3 is 4.90 Å². The Labute approximate surface area is 188 Å². The van der Waals surface area contributed by atoms with E-state index >= 15 is 0 Å². The van der Waals surface area contributed by atoms with Crippen LogP contribution in [-0.2, 0) is 4.79 Å². The van der Waals surface area contributed by atoms with Gasteiger partial charge in [-0.2, -0.15) is 0 Å². The summed E-state index contributed by atoms with van der Waals surface area (Å²) in [6, 6.07) is 12.4. The van der Waals surface area contributed by atoms with Gasteiger partial charge in [-0.05, 0) is 49.6 Å². The first-order valence-corrected chi connectivity index (χ1v) is 11.1. The fourth-order valence-corrected chi connectivity index (χ4v) is 3.97. The Hall–Kier alpha value is -2.66. The molecule has 0 aliphatic heterocycles. The van der Waals surface area contributed by atoms with Crippen LogP contribution in [0.5, 0.6) is 0 Å². The second kappa shape index (κ2) is 9.23. The predicted octanol–water partition coefficient (Wildman–Crippen LogP) is 5.55. The first-order chi connectivity index (χ1) is 14.6. The molecule has 6 heteroatoms. The quantitative estimate of drug-likeness (QED) is 0.506. The predicted molar refractivity (Wildman–Crippen MR) is 127 cm³/mol. The van der Waals surface area contributed by atoms with Crippen molar-refractivity contribution in [3.8, 4) is 5.69 Å². The third kappa shape index (κ3) is 4.52. The Balaban J connectivity index is 2.33. The Morgan fingerprint density at radius 1 is 1.06 bits per heavy atom. The largest absolute Gasteiger partial charge is 0.332 e. The second-order valence-electron chi connectivity index (χ2n) is 8.73. The summed E-state index contributed by atoms with van der Waals surface area (Å²) in [7, 11) is 0. The topological polar surface area (TPSA) is 55.2 Å². The van der Waals surface area contributed by atoms with Crippen molar-refractivity contribution in [3.05, 3.63) is 69.2 Å². The molecule has 2 aromatic carbocycles. The molecule has 1 unspecified atom stereocenters. The summed E-state index contributed by atoms with van der Waals surface area (Å²) >= 11 is 6.39. The van der Waals surface area contributed by atoms with Gasteiger partial charge in [-0.25, -0.2) is 4.98 Å². The molecule has 1 amide bonds. The number of rotatable bonds is 6. The Morgan fingerprint density at radius 3 is 2.39 bits per heavy atom. The minimum absolute atomic E-state index is 0.0398.